The Morgan fingerprint density at radius 1 is 1.14 bits per heavy atom. The number of anilines is 1. The summed E-state index contributed by atoms with van der Waals surface area (Å²) >= 11 is 0. The number of benzene rings is 2. The Bertz CT molecular complexity index is 1790. The van der Waals surface area contributed by atoms with Crippen molar-refractivity contribution in [2.45, 2.75) is 25.8 Å². The predicted octanol–water partition coefficient (Wildman–Crippen LogP) is 5.29. The van der Waals surface area contributed by atoms with Crippen molar-refractivity contribution in [2.75, 3.05) is 58.3 Å². The van der Waals surface area contributed by atoms with Crippen LogP contribution in [0.15, 0.2) is 60.9 Å². The normalized spacial score (nSPS) is 17.6. The molecule has 44 heavy (non-hydrogen) atoms. The number of fused-ring (bicyclic) bond motifs is 2. The number of nitrogens with zero attached hydrogens (tertiary/aromatic N) is 7. The number of amides is 1. The van der Waals surface area contributed by atoms with Gasteiger partial charge in [-0.05, 0) is 62.3 Å². The van der Waals surface area contributed by atoms with Crippen LogP contribution in [0.2, 0.25) is 0 Å². The first kappa shape index (κ1) is 29.5. The number of carbonyl (C=O) groups excluding carboxylic acids is 1. The highest BCUT2D eigenvalue weighted by atomic mass is 19.1. The summed E-state index contributed by atoms with van der Waals surface area (Å²) in [5.74, 6) is -1.18. The first-order valence-corrected chi connectivity index (χ1v) is 14.9. The molecule has 1 aliphatic heterocycles. The van der Waals surface area contributed by atoms with Crippen molar-refractivity contribution in [3.8, 4) is 17.3 Å². The molecule has 9 nitrogen and oxygen atoms in total. The Labute approximate surface area is 256 Å². The lowest BCUT2D eigenvalue weighted by atomic mass is 9.97. The molecule has 3 heterocycles. The Balaban J connectivity index is 1.41. The Morgan fingerprint density at radius 2 is 1.91 bits per heavy atom. The zero-order valence-corrected chi connectivity index (χ0v) is 25.4. The van der Waals surface area contributed by atoms with Crippen LogP contribution in [0, 0.1) is 18.9 Å². The molecule has 1 amide bonds. The molecule has 2 aromatic heterocycles. The van der Waals surface area contributed by atoms with Gasteiger partial charge in [0, 0.05) is 37.2 Å². The average Bonchev–Trinajstić information content (AvgIpc) is 3.77. The van der Waals surface area contributed by atoms with Gasteiger partial charge in [-0.3, -0.25) is 4.79 Å². The van der Waals surface area contributed by atoms with Gasteiger partial charge in [-0.2, -0.15) is 9.97 Å². The number of ether oxygens (including phenoxy) is 1. The summed E-state index contributed by atoms with van der Waals surface area (Å²) in [6, 6.07) is 16.2. The summed E-state index contributed by atoms with van der Waals surface area (Å²) in [7, 11) is 4.13. The number of aryl methyl sites for hydroxylation is 1. The van der Waals surface area contributed by atoms with E-state index in [2.05, 4.69) is 67.7 Å². The molecule has 0 spiro atoms. The van der Waals surface area contributed by atoms with E-state index in [1.54, 1.807) is 0 Å². The number of carbonyl (C=O) groups is 1. The number of pyridine rings is 1. The van der Waals surface area contributed by atoms with Gasteiger partial charge in [0.05, 0.1) is 17.7 Å². The van der Waals surface area contributed by atoms with Crippen molar-refractivity contribution in [2.24, 2.45) is 5.41 Å². The minimum Gasteiger partial charge on any atom is -0.463 e. The zero-order valence-electron chi connectivity index (χ0n) is 25.4. The standard InChI is InChI=1S/C34H36FN7O2/c1-22-8-6-9-24-10-7-11-26(29(22)24)28-13-12-27-30(37-28)38-33(44-21-34(14-15-34)20-40(4)5)39-31(27)41-16-17-42(32(43)23(2)35)25(19-41)18-36-3/h6-13,25H,2,14-21H2,1,4-5H3/t25-/m0/s1. The highest BCUT2D eigenvalue weighted by Crippen LogP contribution is 2.46. The van der Waals surface area contributed by atoms with Gasteiger partial charge in [0.2, 0.25) is 6.54 Å². The molecule has 1 saturated heterocycles. The van der Waals surface area contributed by atoms with Crippen molar-refractivity contribution < 1.29 is 13.9 Å². The van der Waals surface area contributed by atoms with Gasteiger partial charge in [-0.1, -0.05) is 43.0 Å². The second-order valence-corrected chi connectivity index (χ2v) is 12.2. The third kappa shape index (κ3) is 5.80. The number of hydrogen-bond acceptors (Lipinski definition) is 7. The van der Waals surface area contributed by atoms with Crippen LogP contribution >= 0.6 is 0 Å². The van der Waals surface area contributed by atoms with Crippen molar-refractivity contribution in [3.63, 3.8) is 0 Å². The molecular weight excluding hydrogens is 557 g/mol. The summed E-state index contributed by atoms with van der Waals surface area (Å²) in [6.07, 6.45) is 2.17. The number of hydrogen-bond donors (Lipinski definition) is 0. The molecule has 2 aromatic carbocycles. The monoisotopic (exact) mass is 593 g/mol. The van der Waals surface area contributed by atoms with E-state index in [4.69, 9.17) is 26.3 Å². The molecule has 2 fully saturated rings. The minimum absolute atomic E-state index is 0.0395. The molecule has 10 heteroatoms. The van der Waals surface area contributed by atoms with E-state index >= 15 is 0 Å². The second kappa shape index (κ2) is 11.8. The Morgan fingerprint density at radius 3 is 2.61 bits per heavy atom. The SMILES string of the molecule is [C-]#[N+]C[C@H]1CN(c2nc(OCC3(CN(C)C)CC3)nc3nc(-c4cccc5cccc(C)c45)ccc23)CCN1C(=O)C(=C)F. The van der Waals surface area contributed by atoms with E-state index in [1.807, 2.05) is 23.1 Å². The van der Waals surface area contributed by atoms with Crippen LogP contribution in [-0.4, -0.2) is 90.1 Å². The number of halogens is 1. The summed E-state index contributed by atoms with van der Waals surface area (Å²) in [6.45, 7) is 15.1. The molecule has 1 atom stereocenters. The van der Waals surface area contributed by atoms with Gasteiger partial charge >= 0.3 is 6.01 Å². The third-order valence-corrected chi connectivity index (χ3v) is 8.60. The zero-order chi connectivity index (χ0) is 31.0. The third-order valence-electron chi connectivity index (χ3n) is 8.60. The highest BCUT2D eigenvalue weighted by Gasteiger charge is 2.44. The molecule has 0 bridgehead atoms. The van der Waals surface area contributed by atoms with Crippen molar-refractivity contribution >= 4 is 33.5 Å². The fourth-order valence-corrected chi connectivity index (χ4v) is 6.32. The highest BCUT2D eigenvalue weighted by molar-refractivity contribution is 5.99. The molecule has 1 saturated carbocycles. The van der Waals surface area contributed by atoms with E-state index in [0.717, 1.165) is 52.4 Å². The first-order chi connectivity index (χ1) is 21.2. The summed E-state index contributed by atoms with van der Waals surface area (Å²) < 4.78 is 20.1. The van der Waals surface area contributed by atoms with Crippen LogP contribution in [0.3, 0.4) is 0 Å². The lowest BCUT2D eigenvalue weighted by Crippen LogP contribution is -2.56. The maximum atomic E-state index is 13.8. The fraction of sp³-hybridized carbons (Fsp3) is 0.382. The van der Waals surface area contributed by atoms with Crippen molar-refractivity contribution in [3.05, 3.63) is 77.9 Å². The van der Waals surface area contributed by atoms with Crippen molar-refractivity contribution in [1.82, 2.24) is 24.8 Å². The van der Waals surface area contributed by atoms with Gasteiger partial charge in [0.25, 0.3) is 5.91 Å². The molecule has 0 radical (unpaired) electrons. The van der Waals surface area contributed by atoms with Crippen LogP contribution in [0.5, 0.6) is 6.01 Å². The summed E-state index contributed by atoms with van der Waals surface area (Å²) in [5.41, 5.74) is 3.56. The molecular formula is C34H36FN7O2. The average molecular weight is 594 g/mol. The molecule has 0 unspecified atom stereocenters. The lowest BCUT2D eigenvalue weighted by molar-refractivity contribution is -0.131. The maximum absolute atomic E-state index is 13.8. The van der Waals surface area contributed by atoms with Gasteiger partial charge in [-0.15, -0.1) is 0 Å². The van der Waals surface area contributed by atoms with E-state index in [0.29, 0.717) is 31.2 Å². The predicted molar refractivity (Wildman–Crippen MR) is 170 cm³/mol. The van der Waals surface area contributed by atoms with E-state index in [9.17, 15) is 9.18 Å². The lowest BCUT2D eigenvalue weighted by Gasteiger charge is -2.39. The van der Waals surface area contributed by atoms with Crippen LogP contribution < -0.4 is 9.64 Å². The maximum Gasteiger partial charge on any atom is 0.320 e. The van der Waals surface area contributed by atoms with E-state index < -0.39 is 17.8 Å². The Kier molecular flexibility index (Phi) is 7.91. The summed E-state index contributed by atoms with van der Waals surface area (Å²) in [4.78, 5) is 36.3. The van der Waals surface area contributed by atoms with Gasteiger partial charge in [-0.25, -0.2) is 15.9 Å². The van der Waals surface area contributed by atoms with Crippen molar-refractivity contribution in [1.29, 1.82) is 0 Å². The number of aromatic nitrogens is 3. The van der Waals surface area contributed by atoms with Crippen LogP contribution in [0.1, 0.15) is 18.4 Å². The van der Waals surface area contributed by atoms with Gasteiger partial charge in [0.1, 0.15) is 11.9 Å². The first-order valence-electron chi connectivity index (χ1n) is 14.9. The van der Waals surface area contributed by atoms with E-state index in [-0.39, 0.29) is 24.5 Å². The molecule has 6 rings (SSSR count). The number of rotatable bonds is 9. The van der Waals surface area contributed by atoms with Crippen LogP contribution in [-0.2, 0) is 4.79 Å². The molecule has 1 aliphatic carbocycles. The van der Waals surface area contributed by atoms with Gasteiger partial charge < -0.3 is 24.3 Å². The topological polar surface area (TPSA) is 79.1 Å². The molecule has 2 aliphatic rings. The summed E-state index contributed by atoms with van der Waals surface area (Å²) in [5, 5.41) is 3.02. The van der Waals surface area contributed by atoms with Gasteiger partial charge in [0.15, 0.2) is 11.5 Å². The van der Waals surface area contributed by atoms with E-state index in [1.165, 1.54) is 4.90 Å². The quantitative estimate of drug-likeness (QED) is 0.193. The minimum atomic E-state index is -1.02. The number of piperazine rings is 1. The Hall–Kier alpha value is -4.62. The molecule has 4 aromatic rings. The van der Waals surface area contributed by atoms with Crippen LogP contribution in [0.4, 0.5) is 10.2 Å². The largest absolute Gasteiger partial charge is 0.463 e. The fourth-order valence-electron chi connectivity index (χ4n) is 6.32. The molecule has 0 N–H and O–H groups in total. The molecule has 226 valence electrons. The second-order valence-electron chi connectivity index (χ2n) is 12.2. The van der Waals surface area contributed by atoms with Crippen LogP contribution in [0.25, 0.3) is 37.9 Å². The smallest absolute Gasteiger partial charge is 0.320 e.